The fourth-order valence-corrected chi connectivity index (χ4v) is 1.45. The van der Waals surface area contributed by atoms with E-state index in [-0.39, 0.29) is 5.69 Å². The molecule has 0 radical (unpaired) electrons. The maximum atomic E-state index is 10.9. The quantitative estimate of drug-likeness (QED) is 0.737. The third-order valence-corrected chi connectivity index (χ3v) is 2.45. The molecule has 70 valence electrons. The van der Waals surface area contributed by atoms with E-state index < -0.39 is 5.91 Å². The monoisotopic (exact) mass is 216 g/mol. The molecule has 0 saturated carbocycles. The molecule has 0 aliphatic carbocycles. The van der Waals surface area contributed by atoms with Crippen LogP contribution in [0.25, 0.3) is 0 Å². The summed E-state index contributed by atoms with van der Waals surface area (Å²) < 4.78 is 0. The first kappa shape index (κ1) is 10.3. The molecule has 0 unspecified atom stereocenters. The second-order valence-corrected chi connectivity index (χ2v) is 3.59. The Balaban J connectivity index is 3.18. The Kier molecular flexibility index (Phi) is 3.49. The summed E-state index contributed by atoms with van der Waals surface area (Å²) in [6, 6.07) is 0. The summed E-state index contributed by atoms with van der Waals surface area (Å²) in [5, 5.41) is 8.52. The van der Waals surface area contributed by atoms with Gasteiger partial charge in [0.2, 0.25) is 5.16 Å². The lowest BCUT2D eigenvalue weighted by atomic mass is 10.4. The van der Waals surface area contributed by atoms with Crippen LogP contribution in [0.15, 0.2) is 10.2 Å². The Morgan fingerprint density at radius 2 is 2.00 bits per heavy atom. The van der Waals surface area contributed by atoms with Gasteiger partial charge in [0.05, 0.1) is 0 Å². The van der Waals surface area contributed by atoms with Gasteiger partial charge in [-0.15, -0.1) is 22.0 Å². The molecule has 1 amide bonds. The Bertz CT molecular complexity index is 330. The van der Waals surface area contributed by atoms with E-state index in [0.717, 1.165) is 0 Å². The zero-order valence-corrected chi connectivity index (χ0v) is 8.78. The minimum absolute atomic E-state index is 0.187. The molecule has 13 heavy (non-hydrogen) atoms. The van der Waals surface area contributed by atoms with Gasteiger partial charge < -0.3 is 5.73 Å². The van der Waals surface area contributed by atoms with Crippen LogP contribution in [0.1, 0.15) is 10.5 Å². The van der Waals surface area contributed by atoms with Crippen molar-refractivity contribution in [1.82, 2.24) is 15.2 Å². The molecular formula is C6H8N4OS2. The van der Waals surface area contributed by atoms with Gasteiger partial charge in [0.25, 0.3) is 5.91 Å². The van der Waals surface area contributed by atoms with Gasteiger partial charge in [0, 0.05) is 0 Å². The van der Waals surface area contributed by atoms with E-state index in [1.165, 1.54) is 23.5 Å². The number of rotatable bonds is 3. The van der Waals surface area contributed by atoms with E-state index >= 15 is 0 Å². The van der Waals surface area contributed by atoms with Crippen LogP contribution in [-0.2, 0) is 0 Å². The fourth-order valence-electron chi connectivity index (χ4n) is 0.686. The lowest BCUT2D eigenvalue weighted by Gasteiger charge is -2.01. The summed E-state index contributed by atoms with van der Waals surface area (Å²) in [4.78, 5) is 14.9. The number of nitrogens with zero attached hydrogens (tertiary/aromatic N) is 3. The van der Waals surface area contributed by atoms with Crippen LogP contribution in [0.5, 0.6) is 0 Å². The van der Waals surface area contributed by atoms with E-state index in [2.05, 4.69) is 15.2 Å². The van der Waals surface area contributed by atoms with Crippen molar-refractivity contribution in [2.24, 2.45) is 5.73 Å². The molecule has 1 aromatic heterocycles. The number of amides is 1. The van der Waals surface area contributed by atoms with E-state index in [9.17, 15) is 4.79 Å². The molecule has 0 saturated heterocycles. The topological polar surface area (TPSA) is 81.8 Å². The Morgan fingerprint density at radius 1 is 1.31 bits per heavy atom. The minimum atomic E-state index is -0.574. The van der Waals surface area contributed by atoms with Gasteiger partial charge in [-0.1, -0.05) is 11.8 Å². The standard InChI is InChI=1S/C6H8N4OS2/c1-12-5-3(4(7)11)8-6(13-2)10-9-5/h1-2H3,(H2,7,11). The maximum absolute atomic E-state index is 10.9. The van der Waals surface area contributed by atoms with E-state index in [4.69, 9.17) is 5.73 Å². The molecule has 0 atom stereocenters. The molecular weight excluding hydrogens is 208 g/mol. The minimum Gasteiger partial charge on any atom is -0.364 e. The van der Waals surface area contributed by atoms with Crippen LogP contribution < -0.4 is 5.73 Å². The zero-order chi connectivity index (χ0) is 9.84. The molecule has 7 heteroatoms. The predicted octanol–water partition coefficient (Wildman–Crippen LogP) is 0.414. The number of nitrogens with two attached hydrogens (primary N) is 1. The highest BCUT2D eigenvalue weighted by Gasteiger charge is 2.12. The smallest absolute Gasteiger partial charge is 0.270 e. The average Bonchev–Trinajstić information content (AvgIpc) is 2.16. The van der Waals surface area contributed by atoms with E-state index in [0.29, 0.717) is 10.2 Å². The van der Waals surface area contributed by atoms with Crippen LogP contribution in [0.2, 0.25) is 0 Å². The molecule has 0 fully saturated rings. The molecule has 5 nitrogen and oxygen atoms in total. The summed E-state index contributed by atoms with van der Waals surface area (Å²) in [5.74, 6) is -0.574. The average molecular weight is 216 g/mol. The number of hydrogen-bond acceptors (Lipinski definition) is 6. The molecule has 2 N–H and O–H groups in total. The number of primary amides is 1. The number of aromatic nitrogens is 3. The number of carbonyl (C=O) groups is 1. The molecule has 0 aromatic carbocycles. The summed E-state index contributed by atoms with van der Waals surface area (Å²) in [6.07, 6.45) is 3.59. The third kappa shape index (κ3) is 2.31. The molecule has 0 aliphatic rings. The lowest BCUT2D eigenvalue weighted by Crippen LogP contribution is -2.16. The van der Waals surface area contributed by atoms with Gasteiger partial charge in [-0.2, -0.15) is 0 Å². The van der Waals surface area contributed by atoms with Crippen molar-refractivity contribution < 1.29 is 4.79 Å². The van der Waals surface area contributed by atoms with Crippen molar-refractivity contribution in [1.29, 1.82) is 0 Å². The Morgan fingerprint density at radius 3 is 2.46 bits per heavy atom. The first-order valence-electron chi connectivity index (χ1n) is 3.31. The van der Waals surface area contributed by atoms with Crippen LogP contribution >= 0.6 is 23.5 Å². The van der Waals surface area contributed by atoms with Crippen molar-refractivity contribution in [3.8, 4) is 0 Å². The van der Waals surface area contributed by atoms with Gasteiger partial charge in [-0.25, -0.2) is 4.98 Å². The highest BCUT2D eigenvalue weighted by molar-refractivity contribution is 7.98. The molecule has 0 spiro atoms. The van der Waals surface area contributed by atoms with Crippen LogP contribution in [0.3, 0.4) is 0 Å². The largest absolute Gasteiger partial charge is 0.364 e. The van der Waals surface area contributed by atoms with Crippen molar-refractivity contribution in [3.63, 3.8) is 0 Å². The van der Waals surface area contributed by atoms with Gasteiger partial charge >= 0.3 is 0 Å². The zero-order valence-electron chi connectivity index (χ0n) is 7.14. The second-order valence-electron chi connectivity index (χ2n) is 2.02. The number of hydrogen-bond donors (Lipinski definition) is 1. The van der Waals surface area contributed by atoms with Crippen LogP contribution in [0, 0.1) is 0 Å². The molecule has 1 rings (SSSR count). The summed E-state index contributed by atoms with van der Waals surface area (Å²) >= 11 is 2.61. The van der Waals surface area contributed by atoms with E-state index in [1.54, 1.807) is 12.5 Å². The molecule has 0 aliphatic heterocycles. The Hall–Kier alpha value is -0.820. The lowest BCUT2D eigenvalue weighted by molar-refractivity contribution is 0.0990. The predicted molar refractivity (Wildman–Crippen MR) is 51.9 cm³/mol. The van der Waals surface area contributed by atoms with Gasteiger partial charge in [-0.3, -0.25) is 4.79 Å². The van der Waals surface area contributed by atoms with Crippen molar-refractivity contribution in [2.45, 2.75) is 10.2 Å². The summed E-state index contributed by atoms with van der Waals surface area (Å²) in [7, 11) is 0. The SMILES string of the molecule is CSc1nnc(SC)c(C(N)=O)n1. The third-order valence-electron chi connectivity index (χ3n) is 1.25. The van der Waals surface area contributed by atoms with Crippen LogP contribution in [0.4, 0.5) is 0 Å². The van der Waals surface area contributed by atoms with E-state index in [1.807, 2.05) is 0 Å². The first-order valence-corrected chi connectivity index (χ1v) is 5.76. The molecule has 1 heterocycles. The second kappa shape index (κ2) is 4.43. The normalized spacial score (nSPS) is 10.0. The molecule has 1 aromatic rings. The highest BCUT2D eigenvalue weighted by atomic mass is 32.2. The van der Waals surface area contributed by atoms with Crippen molar-refractivity contribution in [3.05, 3.63) is 5.69 Å². The number of thioether (sulfide) groups is 2. The first-order chi connectivity index (χ1) is 6.19. The maximum Gasteiger partial charge on any atom is 0.270 e. The van der Waals surface area contributed by atoms with Crippen LogP contribution in [-0.4, -0.2) is 33.6 Å². The fraction of sp³-hybridized carbons (Fsp3) is 0.333. The Labute approximate surface area is 83.9 Å². The summed E-state index contributed by atoms with van der Waals surface area (Å²) in [6.45, 7) is 0. The van der Waals surface area contributed by atoms with Gasteiger partial charge in [0.1, 0.15) is 0 Å². The molecule has 0 bridgehead atoms. The van der Waals surface area contributed by atoms with Gasteiger partial charge in [0.15, 0.2) is 10.7 Å². The van der Waals surface area contributed by atoms with Crippen molar-refractivity contribution in [2.75, 3.05) is 12.5 Å². The number of carbonyl (C=O) groups excluding carboxylic acids is 1. The van der Waals surface area contributed by atoms with Gasteiger partial charge in [-0.05, 0) is 12.5 Å². The highest BCUT2D eigenvalue weighted by Crippen LogP contribution is 2.16. The van der Waals surface area contributed by atoms with Crippen molar-refractivity contribution >= 4 is 29.4 Å². The summed E-state index contributed by atoms with van der Waals surface area (Å²) in [5.41, 5.74) is 5.31.